The topological polar surface area (TPSA) is 28.2 Å². The summed E-state index contributed by atoms with van der Waals surface area (Å²) in [5.74, 6) is 2.52. The average Bonchev–Trinajstić information content (AvgIpc) is 2.67. The molecule has 1 unspecified atom stereocenters. The van der Waals surface area contributed by atoms with Crippen LogP contribution in [0.4, 0.5) is 5.69 Å². The van der Waals surface area contributed by atoms with Gasteiger partial charge in [-0.25, -0.2) is 0 Å². The molecule has 2 rings (SSSR count). The molecule has 0 amide bonds. The molecule has 1 fully saturated rings. The minimum Gasteiger partial charge on any atom is -0.369 e. The molecule has 1 aromatic heterocycles. The molecule has 1 aliphatic heterocycles. The van der Waals surface area contributed by atoms with Crippen LogP contribution < -0.4 is 10.2 Å². The Bertz CT molecular complexity index is 331. The normalized spacial score (nSPS) is 18.8. The quantitative estimate of drug-likeness (QED) is 0.892. The predicted octanol–water partition coefficient (Wildman–Crippen LogP) is 2.31. The van der Waals surface area contributed by atoms with Gasteiger partial charge in [0, 0.05) is 24.9 Å². The summed E-state index contributed by atoms with van der Waals surface area (Å²) in [5, 5.41) is 3.21. The van der Waals surface area contributed by atoms with E-state index in [4.69, 9.17) is 0 Å². The van der Waals surface area contributed by atoms with Crippen molar-refractivity contribution in [3.05, 3.63) is 24.0 Å². The Morgan fingerprint density at radius 2 is 2.24 bits per heavy atom. The van der Waals surface area contributed by atoms with Crippen LogP contribution in [0.25, 0.3) is 0 Å². The first-order valence-electron chi connectivity index (χ1n) is 6.27. The van der Waals surface area contributed by atoms with Gasteiger partial charge < -0.3 is 10.2 Å². The van der Waals surface area contributed by atoms with Crippen LogP contribution in [0.5, 0.6) is 0 Å². The van der Waals surface area contributed by atoms with Crippen molar-refractivity contribution in [2.75, 3.05) is 36.5 Å². The standard InChI is InChI=1S/C13H21N3S/c1-11(14-2)13-5-4-12(10-15-13)16-6-3-8-17-9-7-16/h4-5,10-11,14H,3,6-9H2,1-2H3. The highest BCUT2D eigenvalue weighted by molar-refractivity contribution is 7.99. The number of aromatic nitrogens is 1. The van der Waals surface area contributed by atoms with E-state index in [9.17, 15) is 0 Å². The van der Waals surface area contributed by atoms with Crippen LogP contribution in [-0.4, -0.2) is 36.6 Å². The summed E-state index contributed by atoms with van der Waals surface area (Å²) in [6, 6.07) is 4.66. The number of nitrogens with one attached hydrogen (secondary N) is 1. The molecule has 3 nitrogen and oxygen atoms in total. The van der Waals surface area contributed by atoms with Crippen LogP contribution in [0.1, 0.15) is 25.1 Å². The van der Waals surface area contributed by atoms with Gasteiger partial charge in [-0.3, -0.25) is 4.98 Å². The summed E-state index contributed by atoms with van der Waals surface area (Å²) < 4.78 is 0. The number of rotatable bonds is 3. The molecule has 94 valence electrons. The second-order valence-corrected chi connectivity index (χ2v) is 5.63. The molecule has 1 saturated heterocycles. The molecule has 0 radical (unpaired) electrons. The van der Waals surface area contributed by atoms with Crippen molar-refractivity contribution in [2.45, 2.75) is 19.4 Å². The summed E-state index contributed by atoms with van der Waals surface area (Å²) in [5.41, 5.74) is 2.38. The minimum atomic E-state index is 0.323. The molecular weight excluding hydrogens is 230 g/mol. The van der Waals surface area contributed by atoms with Crippen molar-refractivity contribution in [3.8, 4) is 0 Å². The lowest BCUT2D eigenvalue weighted by Crippen LogP contribution is -2.25. The lowest BCUT2D eigenvalue weighted by atomic mass is 10.2. The van der Waals surface area contributed by atoms with Gasteiger partial charge in [0.2, 0.25) is 0 Å². The highest BCUT2D eigenvalue weighted by Gasteiger charge is 2.11. The summed E-state index contributed by atoms with van der Waals surface area (Å²) in [6.07, 6.45) is 3.29. The maximum absolute atomic E-state index is 4.54. The van der Waals surface area contributed by atoms with Crippen LogP contribution in [0.3, 0.4) is 0 Å². The second kappa shape index (κ2) is 6.26. The summed E-state index contributed by atoms with van der Waals surface area (Å²) in [4.78, 5) is 6.99. The van der Waals surface area contributed by atoms with Crippen molar-refractivity contribution in [3.63, 3.8) is 0 Å². The molecule has 1 aliphatic rings. The smallest absolute Gasteiger partial charge is 0.0571 e. The van der Waals surface area contributed by atoms with Crippen molar-refractivity contribution < 1.29 is 0 Å². The van der Waals surface area contributed by atoms with E-state index in [1.54, 1.807) is 0 Å². The van der Waals surface area contributed by atoms with Gasteiger partial charge in [0.25, 0.3) is 0 Å². The van der Waals surface area contributed by atoms with E-state index in [1.807, 2.05) is 13.2 Å². The highest BCUT2D eigenvalue weighted by Crippen LogP contribution is 2.19. The van der Waals surface area contributed by atoms with Crippen LogP contribution >= 0.6 is 11.8 Å². The molecule has 1 atom stereocenters. The van der Waals surface area contributed by atoms with Gasteiger partial charge in [-0.1, -0.05) is 0 Å². The Hall–Kier alpha value is -0.740. The first-order valence-corrected chi connectivity index (χ1v) is 7.42. The molecule has 2 heterocycles. The van der Waals surface area contributed by atoms with Crippen molar-refractivity contribution in [1.29, 1.82) is 0 Å². The molecule has 4 heteroatoms. The number of nitrogens with zero attached hydrogens (tertiary/aromatic N) is 2. The molecule has 0 aromatic carbocycles. The van der Waals surface area contributed by atoms with Crippen LogP contribution in [0.2, 0.25) is 0 Å². The van der Waals surface area contributed by atoms with E-state index in [1.165, 1.54) is 23.6 Å². The lowest BCUT2D eigenvalue weighted by Gasteiger charge is -2.22. The van der Waals surface area contributed by atoms with Crippen LogP contribution in [0, 0.1) is 0 Å². The molecule has 1 aromatic rings. The van der Waals surface area contributed by atoms with Crippen molar-refractivity contribution in [2.24, 2.45) is 0 Å². The van der Waals surface area contributed by atoms with E-state index in [0.29, 0.717) is 6.04 Å². The maximum Gasteiger partial charge on any atom is 0.0571 e. The van der Waals surface area contributed by atoms with Crippen molar-refractivity contribution in [1.82, 2.24) is 10.3 Å². The Balaban J connectivity index is 2.05. The SMILES string of the molecule is CNC(C)c1ccc(N2CCCSCC2)cn1. The monoisotopic (exact) mass is 251 g/mol. The van der Waals surface area contributed by atoms with Gasteiger partial charge in [0.15, 0.2) is 0 Å². The first-order chi connectivity index (χ1) is 8.31. The molecule has 1 N–H and O–H groups in total. The minimum absolute atomic E-state index is 0.323. The molecule has 17 heavy (non-hydrogen) atoms. The zero-order valence-corrected chi connectivity index (χ0v) is 11.5. The Labute approximate surface area is 108 Å². The summed E-state index contributed by atoms with van der Waals surface area (Å²) in [7, 11) is 1.96. The van der Waals surface area contributed by atoms with Gasteiger partial charge in [0.1, 0.15) is 0 Å². The number of thioether (sulfide) groups is 1. The number of hydrogen-bond donors (Lipinski definition) is 1. The zero-order valence-electron chi connectivity index (χ0n) is 10.6. The average molecular weight is 251 g/mol. The molecule has 0 spiro atoms. The Morgan fingerprint density at radius 1 is 1.35 bits per heavy atom. The number of anilines is 1. The molecule has 0 saturated carbocycles. The third kappa shape index (κ3) is 3.36. The fraction of sp³-hybridized carbons (Fsp3) is 0.615. The molecule has 0 aliphatic carbocycles. The number of hydrogen-bond acceptors (Lipinski definition) is 4. The maximum atomic E-state index is 4.54. The van der Waals surface area contributed by atoms with Gasteiger partial charge in [-0.15, -0.1) is 0 Å². The van der Waals surface area contributed by atoms with Crippen LogP contribution in [0.15, 0.2) is 18.3 Å². The van der Waals surface area contributed by atoms with E-state index in [-0.39, 0.29) is 0 Å². The predicted molar refractivity (Wildman–Crippen MR) is 75.9 cm³/mol. The third-order valence-electron chi connectivity index (χ3n) is 3.23. The summed E-state index contributed by atoms with van der Waals surface area (Å²) >= 11 is 2.05. The van der Waals surface area contributed by atoms with E-state index in [2.05, 4.69) is 46.0 Å². The van der Waals surface area contributed by atoms with E-state index >= 15 is 0 Å². The van der Waals surface area contributed by atoms with E-state index < -0.39 is 0 Å². The largest absolute Gasteiger partial charge is 0.369 e. The van der Waals surface area contributed by atoms with Crippen molar-refractivity contribution >= 4 is 17.4 Å². The molecule has 0 bridgehead atoms. The Morgan fingerprint density at radius 3 is 2.94 bits per heavy atom. The Kier molecular flexibility index (Phi) is 4.68. The first kappa shape index (κ1) is 12.7. The highest BCUT2D eigenvalue weighted by atomic mass is 32.2. The lowest BCUT2D eigenvalue weighted by molar-refractivity contribution is 0.632. The van der Waals surface area contributed by atoms with E-state index in [0.717, 1.165) is 18.8 Å². The summed E-state index contributed by atoms with van der Waals surface area (Å²) in [6.45, 7) is 4.44. The second-order valence-electron chi connectivity index (χ2n) is 4.40. The fourth-order valence-corrected chi connectivity index (χ4v) is 2.88. The molecular formula is C13H21N3S. The fourth-order valence-electron chi connectivity index (χ4n) is 1.99. The van der Waals surface area contributed by atoms with Gasteiger partial charge in [-0.2, -0.15) is 11.8 Å². The van der Waals surface area contributed by atoms with Crippen LogP contribution in [-0.2, 0) is 0 Å². The number of pyridine rings is 1. The van der Waals surface area contributed by atoms with Gasteiger partial charge >= 0.3 is 0 Å². The third-order valence-corrected chi connectivity index (χ3v) is 4.28. The zero-order chi connectivity index (χ0) is 12.1. The van der Waals surface area contributed by atoms with Gasteiger partial charge in [0.05, 0.1) is 17.6 Å². The van der Waals surface area contributed by atoms with Gasteiger partial charge in [-0.05, 0) is 38.3 Å².